The third-order valence-corrected chi connectivity index (χ3v) is 18.9. The van der Waals surface area contributed by atoms with Crippen LogP contribution < -0.4 is 9.80 Å². The Labute approximate surface area is 498 Å². The zero-order valence-electron chi connectivity index (χ0n) is 51.9. The number of anilines is 6. The van der Waals surface area contributed by atoms with Crippen molar-refractivity contribution in [1.29, 1.82) is 0 Å². The number of benzene rings is 9. The van der Waals surface area contributed by atoms with Gasteiger partial charge in [-0.3, -0.25) is 4.40 Å². The summed E-state index contributed by atoms with van der Waals surface area (Å²) < 4.78 is 23.3. The second-order valence-corrected chi connectivity index (χ2v) is 28.6. The summed E-state index contributed by atoms with van der Waals surface area (Å²) in [5.41, 5.74) is 23.9. The first kappa shape index (κ1) is 53.0. The SMILES string of the molecule is CC(C)c1ccc(N(c2ccc3c(c2)C(C)(C)c2c-3n3c4oc5cc(N(c6ccc(C(C)C)cc6)c6ccc7oc8c(C(C)(C)C)cccc8c7c6)ccc5c4c4cc(C(C)(C)C)cc2c43)c2ccc3oc4c(C(C)(C)C)cccc4c3c2)cc1. The number of furan rings is 3. The summed E-state index contributed by atoms with van der Waals surface area (Å²) in [6.07, 6.45) is 0. The largest absolute Gasteiger partial charge is 0.456 e. The van der Waals surface area contributed by atoms with Gasteiger partial charge in [-0.2, -0.15) is 0 Å². The maximum Gasteiger partial charge on any atom is 0.213 e. The fraction of sp³-hybridized carbons (Fsp3) is 0.266. The number of hydrogen-bond donors (Lipinski definition) is 0. The molecule has 5 heterocycles. The molecular weight excluding hydrogens is 1040 g/mol. The quantitative estimate of drug-likeness (QED) is 0.152. The van der Waals surface area contributed by atoms with E-state index in [0.29, 0.717) is 11.8 Å². The van der Waals surface area contributed by atoms with Crippen LogP contribution in [0, 0.1) is 0 Å². The van der Waals surface area contributed by atoms with Crippen LogP contribution in [0.5, 0.6) is 0 Å². The highest BCUT2D eigenvalue weighted by Crippen LogP contribution is 2.58. The van der Waals surface area contributed by atoms with Crippen LogP contribution in [0.1, 0.15) is 155 Å². The van der Waals surface area contributed by atoms with Gasteiger partial charge in [0, 0.05) is 100.0 Å². The molecule has 6 heteroatoms. The van der Waals surface area contributed by atoms with Gasteiger partial charge in [0.2, 0.25) is 5.71 Å². The van der Waals surface area contributed by atoms with Gasteiger partial charge in [0.05, 0.1) is 16.6 Å². The van der Waals surface area contributed by atoms with Gasteiger partial charge < -0.3 is 23.1 Å². The summed E-state index contributed by atoms with van der Waals surface area (Å²) in [5.74, 6) is 0.826. The topological polar surface area (TPSA) is 50.3 Å². The summed E-state index contributed by atoms with van der Waals surface area (Å²) >= 11 is 0. The van der Waals surface area contributed by atoms with Crippen molar-refractivity contribution in [3.8, 4) is 11.3 Å². The molecule has 424 valence electrons. The van der Waals surface area contributed by atoms with Crippen LogP contribution in [-0.4, -0.2) is 4.40 Å². The second kappa shape index (κ2) is 18.1. The van der Waals surface area contributed by atoms with Crippen LogP contribution in [0.4, 0.5) is 34.1 Å². The third-order valence-electron chi connectivity index (χ3n) is 18.9. The first-order valence-electron chi connectivity index (χ1n) is 30.6. The van der Waals surface area contributed by atoms with E-state index < -0.39 is 0 Å². The molecule has 15 rings (SSSR count). The van der Waals surface area contributed by atoms with Crippen molar-refractivity contribution in [3.05, 3.63) is 209 Å². The van der Waals surface area contributed by atoms with Crippen molar-refractivity contribution < 1.29 is 13.3 Å². The van der Waals surface area contributed by atoms with Gasteiger partial charge in [-0.05, 0) is 153 Å². The van der Waals surface area contributed by atoms with Crippen LogP contribution in [0.2, 0.25) is 0 Å². The van der Waals surface area contributed by atoms with E-state index in [2.05, 4.69) is 288 Å². The van der Waals surface area contributed by atoms with Crippen molar-refractivity contribution in [3.63, 3.8) is 0 Å². The number of fused-ring (bicyclic) bond motifs is 16. The molecule has 0 unspecified atom stereocenters. The number of nitrogens with zero attached hydrogens (tertiary/aromatic N) is 3. The van der Waals surface area contributed by atoms with Gasteiger partial charge in [-0.1, -0.05) is 171 Å². The zero-order chi connectivity index (χ0) is 59.1. The summed E-state index contributed by atoms with van der Waals surface area (Å²) in [5, 5.41) is 9.25. The molecule has 0 fully saturated rings. The molecule has 0 radical (unpaired) electrons. The summed E-state index contributed by atoms with van der Waals surface area (Å²) in [7, 11) is 0. The molecule has 0 N–H and O–H groups in total. The van der Waals surface area contributed by atoms with Gasteiger partial charge in [-0.15, -0.1) is 0 Å². The van der Waals surface area contributed by atoms with Crippen molar-refractivity contribution >= 4 is 116 Å². The second-order valence-electron chi connectivity index (χ2n) is 28.6. The Morgan fingerprint density at radius 2 is 0.882 bits per heavy atom. The highest BCUT2D eigenvalue weighted by atomic mass is 16.3. The highest BCUT2D eigenvalue weighted by Gasteiger charge is 2.43. The molecule has 6 nitrogen and oxygen atoms in total. The number of hydrogen-bond acceptors (Lipinski definition) is 5. The number of rotatable bonds is 8. The molecule has 0 aliphatic heterocycles. The van der Waals surface area contributed by atoms with Gasteiger partial charge in [0.1, 0.15) is 27.9 Å². The molecule has 0 amide bonds. The Morgan fingerprint density at radius 3 is 1.39 bits per heavy atom. The highest BCUT2D eigenvalue weighted by molar-refractivity contribution is 6.25. The lowest BCUT2D eigenvalue weighted by Crippen LogP contribution is -2.17. The van der Waals surface area contributed by atoms with E-state index in [1.54, 1.807) is 0 Å². The lowest BCUT2D eigenvalue weighted by atomic mass is 9.79. The van der Waals surface area contributed by atoms with Crippen LogP contribution in [0.25, 0.3) is 93.5 Å². The van der Waals surface area contributed by atoms with E-state index in [1.807, 2.05) is 0 Å². The molecule has 14 aromatic rings. The normalized spacial score (nSPS) is 13.9. The van der Waals surface area contributed by atoms with Crippen molar-refractivity contribution in [1.82, 2.24) is 4.40 Å². The van der Waals surface area contributed by atoms with Gasteiger partial charge in [0.25, 0.3) is 0 Å². The Hall–Kier alpha value is -8.74. The van der Waals surface area contributed by atoms with Crippen LogP contribution >= 0.6 is 0 Å². The van der Waals surface area contributed by atoms with Crippen molar-refractivity contribution in [2.24, 2.45) is 0 Å². The predicted octanol–water partition coefficient (Wildman–Crippen LogP) is 23.6. The molecule has 1 aliphatic carbocycles. The molecule has 0 saturated heterocycles. The molecule has 9 aromatic carbocycles. The van der Waals surface area contributed by atoms with E-state index in [-0.39, 0.29) is 21.7 Å². The minimum Gasteiger partial charge on any atom is -0.456 e. The van der Waals surface area contributed by atoms with Gasteiger partial charge in [0.15, 0.2) is 0 Å². The maximum absolute atomic E-state index is 7.44. The first-order chi connectivity index (χ1) is 40.4. The van der Waals surface area contributed by atoms with E-state index in [1.165, 1.54) is 66.5 Å². The maximum atomic E-state index is 7.44. The summed E-state index contributed by atoms with van der Waals surface area (Å²) in [6, 6.07) is 63.7. The first-order valence-corrected chi connectivity index (χ1v) is 30.6. The van der Waals surface area contributed by atoms with Gasteiger partial charge >= 0.3 is 0 Å². The molecular formula is C79H75N3O3. The van der Waals surface area contributed by atoms with Gasteiger partial charge in [-0.25, -0.2) is 0 Å². The van der Waals surface area contributed by atoms with Crippen molar-refractivity contribution in [2.45, 2.75) is 137 Å². The minimum atomic E-state index is -0.364. The molecule has 1 aliphatic rings. The Balaban J connectivity index is 0.919. The lowest BCUT2D eigenvalue weighted by Gasteiger charge is -2.28. The third kappa shape index (κ3) is 7.96. The predicted molar refractivity (Wildman–Crippen MR) is 359 cm³/mol. The van der Waals surface area contributed by atoms with Crippen LogP contribution in [-0.2, 0) is 21.7 Å². The summed E-state index contributed by atoms with van der Waals surface area (Å²) in [4.78, 5) is 4.81. The van der Waals surface area contributed by atoms with Crippen molar-refractivity contribution in [2.75, 3.05) is 9.80 Å². The smallest absolute Gasteiger partial charge is 0.213 e. The molecule has 0 saturated carbocycles. The zero-order valence-corrected chi connectivity index (χ0v) is 51.9. The van der Waals surface area contributed by atoms with Crippen LogP contribution in [0.3, 0.4) is 0 Å². The standard InChI is InChI=1S/C79H75N3O3/c1-44(2)46-22-26-49(27-23-46)80(51-32-36-66-59(40-51)55-18-16-20-63(73(55)83-66)77(8,9)10)53-30-34-57-65(42-53)79(14,15)70-62-39-48(76(5,6)7)38-61-69-58-35-31-54(43-68(58)85-75(69)82(71(61)62)72(57)70)81(50-28-24-47(25-29-50)45(3)4)52-33-37-67-60(41-52)56-19-17-21-64(74(56)84-67)78(11,12)13/h16-45H,1-15H3. The fourth-order valence-corrected chi connectivity index (χ4v) is 14.2. The molecule has 0 atom stereocenters. The Morgan fingerprint density at radius 1 is 0.412 bits per heavy atom. The van der Waals surface area contributed by atoms with E-state index >= 15 is 0 Å². The van der Waals surface area contributed by atoms with E-state index in [4.69, 9.17) is 13.3 Å². The average molecular weight is 1110 g/mol. The molecule has 0 spiro atoms. The molecule has 85 heavy (non-hydrogen) atoms. The van der Waals surface area contributed by atoms with E-state index in [9.17, 15) is 0 Å². The lowest BCUT2D eigenvalue weighted by molar-refractivity contribution is 0.572. The monoisotopic (exact) mass is 1110 g/mol. The summed E-state index contributed by atoms with van der Waals surface area (Å²) in [6.45, 7) is 34.4. The van der Waals surface area contributed by atoms with E-state index in [0.717, 1.165) is 100 Å². The molecule has 5 aromatic heterocycles. The van der Waals surface area contributed by atoms with Crippen LogP contribution in [0.15, 0.2) is 183 Å². The average Bonchev–Trinajstić information content (AvgIpc) is 1.52. The Kier molecular flexibility index (Phi) is 11.3. The number of para-hydroxylation sites is 2. The number of aromatic nitrogens is 1. The Bertz CT molecular complexity index is 5030. The minimum absolute atomic E-state index is 0.0680. The fourth-order valence-electron chi connectivity index (χ4n) is 14.2. The molecule has 0 bridgehead atoms.